The summed E-state index contributed by atoms with van der Waals surface area (Å²) in [5.74, 6) is -1.95. The fourth-order valence-electron chi connectivity index (χ4n) is 4.53. The Morgan fingerprint density at radius 1 is 0.775 bits per heavy atom. The average molecular weight is 547 g/mol. The Morgan fingerprint density at radius 3 is 2.10 bits per heavy atom. The lowest BCUT2D eigenvalue weighted by Crippen LogP contribution is -2.44. The molecule has 12 heteroatoms. The number of halogens is 4. The van der Waals surface area contributed by atoms with E-state index in [0.717, 1.165) is 24.3 Å². The van der Waals surface area contributed by atoms with Gasteiger partial charge in [0.1, 0.15) is 46.3 Å². The number of nitrogens with zero attached hydrogens (tertiary/aromatic N) is 5. The lowest BCUT2D eigenvalue weighted by Gasteiger charge is -2.30. The average Bonchev–Trinajstić information content (AvgIpc) is 2.97. The Bertz CT molecular complexity index is 1670. The van der Waals surface area contributed by atoms with Crippen LogP contribution in [0, 0.1) is 23.3 Å². The molecule has 40 heavy (non-hydrogen) atoms. The Hall–Kier alpha value is -4.84. The number of nitrogens with one attached hydrogen (secondary N) is 3. The number of anilines is 5. The number of para-hydroxylation sites is 2. The molecule has 2 aromatic carbocycles. The van der Waals surface area contributed by atoms with Gasteiger partial charge in [-0.15, -0.1) is 0 Å². The van der Waals surface area contributed by atoms with E-state index in [1.54, 1.807) is 18.3 Å². The van der Waals surface area contributed by atoms with Gasteiger partial charge in [0.2, 0.25) is 0 Å². The number of pyridine rings is 2. The minimum atomic E-state index is -0.757. The highest BCUT2D eigenvalue weighted by Crippen LogP contribution is 2.35. The third-order valence-electron chi connectivity index (χ3n) is 6.46. The van der Waals surface area contributed by atoms with Crippen molar-refractivity contribution in [2.24, 2.45) is 0 Å². The third kappa shape index (κ3) is 4.96. The Morgan fingerprint density at radius 2 is 1.43 bits per heavy atom. The highest BCUT2D eigenvalue weighted by molar-refractivity contribution is 6.01. The van der Waals surface area contributed by atoms with Crippen molar-refractivity contribution in [3.05, 3.63) is 90.4 Å². The van der Waals surface area contributed by atoms with Crippen LogP contribution in [0.15, 0.2) is 67.1 Å². The van der Waals surface area contributed by atoms with Crippen molar-refractivity contribution in [1.29, 1.82) is 0 Å². The molecule has 0 saturated carbocycles. The molecule has 1 aliphatic rings. The third-order valence-corrected chi connectivity index (χ3v) is 6.46. The quantitative estimate of drug-likeness (QED) is 0.239. The first-order chi connectivity index (χ1) is 19.5. The summed E-state index contributed by atoms with van der Waals surface area (Å²) >= 11 is 0. The molecule has 3 aromatic heterocycles. The Kier molecular flexibility index (Phi) is 6.83. The molecular formula is C28H22F4N8. The molecule has 0 radical (unpaired) electrons. The summed E-state index contributed by atoms with van der Waals surface area (Å²) in [6.45, 7) is 2.70. The van der Waals surface area contributed by atoms with E-state index in [9.17, 15) is 17.6 Å². The van der Waals surface area contributed by atoms with Crippen molar-refractivity contribution in [1.82, 2.24) is 25.3 Å². The molecule has 3 N–H and O–H groups in total. The molecule has 1 aliphatic heterocycles. The first kappa shape index (κ1) is 25.4. The smallest absolute Gasteiger partial charge is 0.162 e. The SMILES string of the molecule is Fc1cccc(F)c1Nc1cc(-c2nc(N3CCNCC3)c3c(Nc4c(F)cccc4F)cncc3n2)ccn1. The van der Waals surface area contributed by atoms with Crippen molar-refractivity contribution in [3.8, 4) is 11.4 Å². The van der Waals surface area contributed by atoms with E-state index >= 15 is 0 Å². The maximum absolute atomic E-state index is 14.5. The molecule has 0 amide bonds. The first-order valence-electron chi connectivity index (χ1n) is 12.5. The lowest BCUT2D eigenvalue weighted by molar-refractivity contribution is 0.586. The van der Waals surface area contributed by atoms with Gasteiger partial charge in [0.05, 0.1) is 29.0 Å². The summed E-state index contributed by atoms with van der Waals surface area (Å²) in [7, 11) is 0. The maximum atomic E-state index is 14.5. The van der Waals surface area contributed by atoms with Gasteiger partial charge in [-0.05, 0) is 36.4 Å². The molecule has 8 nitrogen and oxygen atoms in total. The molecule has 202 valence electrons. The van der Waals surface area contributed by atoms with Gasteiger partial charge in [0.15, 0.2) is 5.82 Å². The molecule has 0 unspecified atom stereocenters. The predicted molar refractivity (Wildman–Crippen MR) is 145 cm³/mol. The number of fused-ring (bicyclic) bond motifs is 1. The zero-order valence-electron chi connectivity index (χ0n) is 20.9. The summed E-state index contributed by atoms with van der Waals surface area (Å²) in [5, 5.41) is 9.37. The van der Waals surface area contributed by atoms with Gasteiger partial charge in [-0.25, -0.2) is 32.5 Å². The van der Waals surface area contributed by atoms with Crippen LogP contribution in [0.3, 0.4) is 0 Å². The van der Waals surface area contributed by atoms with Crippen molar-refractivity contribution < 1.29 is 17.6 Å². The topological polar surface area (TPSA) is 90.9 Å². The standard InChI is InChI=1S/C28H22F4N8/c29-17-3-1-4-18(30)25(17)36-21-14-34-15-22-24(21)28(40-11-9-33-10-12-40)39-27(37-22)16-7-8-35-23(13-16)38-26-19(31)5-2-6-20(26)32/h1-8,13-15,33,36H,9-12H2,(H,35,38). The number of hydrogen-bond donors (Lipinski definition) is 3. The number of aromatic nitrogens is 4. The molecule has 6 rings (SSSR count). The van der Waals surface area contributed by atoms with Gasteiger partial charge in [-0.1, -0.05) is 12.1 Å². The van der Waals surface area contributed by atoms with Crippen LogP contribution in [-0.4, -0.2) is 46.1 Å². The second-order valence-corrected chi connectivity index (χ2v) is 9.06. The van der Waals surface area contributed by atoms with Gasteiger partial charge in [0, 0.05) is 37.9 Å². The minimum Gasteiger partial charge on any atom is -0.353 e. The van der Waals surface area contributed by atoms with Gasteiger partial charge < -0.3 is 20.9 Å². The van der Waals surface area contributed by atoms with Crippen molar-refractivity contribution in [2.45, 2.75) is 0 Å². The van der Waals surface area contributed by atoms with Crippen LogP contribution in [0.2, 0.25) is 0 Å². The highest BCUT2D eigenvalue weighted by Gasteiger charge is 2.22. The van der Waals surface area contributed by atoms with Crippen LogP contribution >= 0.6 is 0 Å². The van der Waals surface area contributed by atoms with E-state index in [0.29, 0.717) is 60.0 Å². The van der Waals surface area contributed by atoms with Crippen LogP contribution in [0.4, 0.5) is 46.3 Å². The molecule has 1 fully saturated rings. The number of rotatable bonds is 6. The predicted octanol–water partition coefficient (Wildman–Crippen LogP) is 5.54. The molecule has 0 aliphatic carbocycles. The Balaban J connectivity index is 1.46. The van der Waals surface area contributed by atoms with E-state index in [1.807, 2.05) is 0 Å². The van der Waals surface area contributed by atoms with Crippen molar-refractivity contribution in [2.75, 3.05) is 41.7 Å². The Labute approximate surface area is 226 Å². The summed E-state index contributed by atoms with van der Waals surface area (Å²) in [5.41, 5.74) is 0.678. The summed E-state index contributed by atoms with van der Waals surface area (Å²) in [4.78, 5) is 20.0. The number of benzene rings is 2. The minimum absolute atomic E-state index is 0.192. The molecule has 5 aromatic rings. The van der Waals surface area contributed by atoms with E-state index in [1.165, 1.54) is 24.5 Å². The van der Waals surface area contributed by atoms with Gasteiger partial charge in [-0.3, -0.25) is 4.98 Å². The normalized spacial score (nSPS) is 13.4. The molecular weight excluding hydrogens is 524 g/mol. The van der Waals surface area contributed by atoms with Crippen LogP contribution in [0.5, 0.6) is 0 Å². The van der Waals surface area contributed by atoms with Crippen LogP contribution < -0.4 is 20.9 Å². The van der Waals surface area contributed by atoms with Crippen LogP contribution in [-0.2, 0) is 0 Å². The van der Waals surface area contributed by atoms with Gasteiger partial charge in [0.25, 0.3) is 0 Å². The molecule has 0 spiro atoms. The van der Waals surface area contributed by atoms with E-state index in [2.05, 4.69) is 35.8 Å². The van der Waals surface area contributed by atoms with Crippen molar-refractivity contribution >= 4 is 39.6 Å². The fraction of sp³-hybridized carbons (Fsp3) is 0.143. The number of hydrogen-bond acceptors (Lipinski definition) is 8. The largest absolute Gasteiger partial charge is 0.353 e. The summed E-state index contributed by atoms with van der Waals surface area (Å²) in [6.07, 6.45) is 4.50. The zero-order valence-corrected chi connectivity index (χ0v) is 20.9. The van der Waals surface area contributed by atoms with Crippen molar-refractivity contribution in [3.63, 3.8) is 0 Å². The van der Waals surface area contributed by atoms with Gasteiger partial charge >= 0.3 is 0 Å². The van der Waals surface area contributed by atoms with E-state index < -0.39 is 23.3 Å². The molecule has 1 saturated heterocycles. The monoisotopic (exact) mass is 546 g/mol. The van der Waals surface area contributed by atoms with E-state index in [-0.39, 0.29) is 17.2 Å². The molecule has 4 heterocycles. The maximum Gasteiger partial charge on any atom is 0.162 e. The second-order valence-electron chi connectivity index (χ2n) is 9.06. The summed E-state index contributed by atoms with van der Waals surface area (Å²) < 4.78 is 57.4. The van der Waals surface area contributed by atoms with Crippen LogP contribution in [0.1, 0.15) is 0 Å². The highest BCUT2D eigenvalue weighted by atomic mass is 19.1. The van der Waals surface area contributed by atoms with Gasteiger partial charge in [-0.2, -0.15) is 0 Å². The lowest BCUT2D eigenvalue weighted by atomic mass is 10.1. The van der Waals surface area contributed by atoms with Crippen LogP contribution in [0.25, 0.3) is 22.3 Å². The second kappa shape index (κ2) is 10.7. The first-order valence-corrected chi connectivity index (χ1v) is 12.5. The van der Waals surface area contributed by atoms with E-state index in [4.69, 9.17) is 4.98 Å². The zero-order chi connectivity index (χ0) is 27.6. The molecule has 0 atom stereocenters. The fourth-order valence-corrected chi connectivity index (χ4v) is 4.53. The number of piperazine rings is 1. The summed E-state index contributed by atoms with van der Waals surface area (Å²) in [6, 6.07) is 10.4. The molecule has 0 bridgehead atoms.